The summed E-state index contributed by atoms with van der Waals surface area (Å²) in [5, 5.41) is 55.0. The van der Waals surface area contributed by atoms with Gasteiger partial charge in [-0.3, -0.25) is 0 Å². The zero-order chi connectivity index (χ0) is 28.0. The lowest BCUT2D eigenvalue weighted by Crippen LogP contribution is -2.69. The van der Waals surface area contributed by atoms with E-state index in [0.717, 1.165) is 18.3 Å². The van der Waals surface area contributed by atoms with Crippen LogP contribution in [-0.4, -0.2) is 92.4 Å². The minimum Gasteiger partial charge on any atom is -0.458 e. The summed E-state index contributed by atoms with van der Waals surface area (Å²) in [5.74, 6) is -0.616. The highest BCUT2D eigenvalue weighted by Crippen LogP contribution is 2.70. The van der Waals surface area contributed by atoms with Crippen molar-refractivity contribution in [1.82, 2.24) is 0 Å². The van der Waals surface area contributed by atoms with Crippen molar-refractivity contribution >= 4 is 12.3 Å². The highest BCUT2D eigenvalue weighted by atomic mass is 16.7. The average molecular weight is 551 g/mol. The van der Waals surface area contributed by atoms with Gasteiger partial charge in [0.05, 0.1) is 28.8 Å². The van der Waals surface area contributed by atoms with Crippen LogP contribution in [0.3, 0.4) is 0 Å². The van der Waals surface area contributed by atoms with Crippen LogP contribution in [0.4, 0.5) is 0 Å². The van der Waals surface area contributed by atoms with Crippen LogP contribution in [0.5, 0.6) is 0 Å². The van der Waals surface area contributed by atoms with E-state index in [-0.39, 0.29) is 36.8 Å². The molecule has 0 aromatic rings. The number of cyclic esters (lactones) is 1. The second kappa shape index (κ2) is 9.31. The standard InChI is InChI=1S/C29H42O10/c1-15-22(32)23(33)24(34)25(38-15)39-17-3-8-27(14-30)19-4-7-26(2)18(16-11-21(31)37-13-16)6-10-29(26,36)20(19)5-9-28(27,35)12-17/h11,14-15,17-20,22-25,32-36H,3-10,12-13H2,1-2H3/t15-,17+,18+,19-,20+,22-,23+,24+,25+,26+,27-,28-,29-/m0/s1. The summed E-state index contributed by atoms with van der Waals surface area (Å²) in [7, 11) is 0. The fourth-order valence-electron chi connectivity index (χ4n) is 9.75. The van der Waals surface area contributed by atoms with Crippen LogP contribution in [0.2, 0.25) is 0 Å². The Hall–Kier alpha value is -1.40. The first-order valence-corrected chi connectivity index (χ1v) is 14.5. The number of fused-ring (bicyclic) bond motifs is 5. The third-order valence-electron chi connectivity index (χ3n) is 12.0. The number of rotatable bonds is 4. The van der Waals surface area contributed by atoms with Gasteiger partial charge in [0.2, 0.25) is 0 Å². The highest BCUT2D eigenvalue weighted by Gasteiger charge is 2.71. The van der Waals surface area contributed by atoms with Crippen LogP contribution in [0, 0.1) is 28.6 Å². The van der Waals surface area contributed by atoms with Gasteiger partial charge in [0, 0.05) is 17.9 Å². The number of esters is 1. The molecule has 0 unspecified atom stereocenters. The second-order valence-corrected chi connectivity index (χ2v) is 13.4. The molecular weight excluding hydrogens is 508 g/mol. The molecule has 0 aromatic carbocycles. The van der Waals surface area contributed by atoms with Crippen molar-refractivity contribution in [2.75, 3.05) is 6.61 Å². The Bertz CT molecular complexity index is 1050. The third-order valence-corrected chi connectivity index (χ3v) is 12.0. The van der Waals surface area contributed by atoms with Crippen molar-refractivity contribution in [1.29, 1.82) is 0 Å². The average Bonchev–Trinajstić information content (AvgIpc) is 3.45. The zero-order valence-corrected chi connectivity index (χ0v) is 22.7. The van der Waals surface area contributed by atoms with Gasteiger partial charge in [-0.15, -0.1) is 0 Å². The van der Waals surface area contributed by atoms with Crippen molar-refractivity contribution in [3.63, 3.8) is 0 Å². The van der Waals surface area contributed by atoms with E-state index in [0.29, 0.717) is 44.9 Å². The smallest absolute Gasteiger partial charge is 0.331 e. The number of aldehydes is 1. The summed E-state index contributed by atoms with van der Waals surface area (Å²) in [5.41, 5.74) is -2.86. The minimum atomic E-state index is -1.43. The first kappa shape index (κ1) is 27.8. The van der Waals surface area contributed by atoms with Gasteiger partial charge in [-0.2, -0.15) is 0 Å². The molecule has 5 N–H and O–H groups in total. The van der Waals surface area contributed by atoms with Crippen LogP contribution in [0.15, 0.2) is 11.6 Å². The van der Waals surface area contributed by atoms with Crippen LogP contribution in [0.1, 0.15) is 71.6 Å². The van der Waals surface area contributed by atoms with Gasteiger partial charge < -0.3 is 44.5 Å². The predicted octanol–water partition coefficient (Wildman–Crippen LogP) is 0.750. The van der Waals surface area contributed by atoms with E-state index < -0.39 is 58.8 Å². The summed E-state index contributed by atoms with van der Waals surface area (Å²) in [6, 6.07) is 0. The third kappa shape index (κ3) is 3.78. The number of carbonyl (C=O) groups is 2. The van der Waals surface area contributed by atoms with Crippen LogP contribution >= 0.6 is 0 Å². The van der Waals surface area contributed by atoms with E-state index in [1.165, 1.54) is 0 Å². The molecule has 0 amide bonds. The van der Waals surface area contributed by atoms with Gasteiger partial charge in [-0.25, -0.2) is 4.79 Å². The Morgan fingerprint density at radius 3 is 2.41 bits per heavy atom. The van der Waals surface area contributed by atoms with Gasteiger partial charge in [-0.05, 0) is 81.6 Å². The van der Waals surface area contributed by atoms with E-state index >= 15 is 0 Å². The summed E-state index contributed by atoms with van der Waals surface area (Å²) in [6.45, 7) is 3.98. The van der Waals surface area contributed by atoms with Gasteiger partial charge >= 0.3 is 5.97 Å². The number of ether oxygens (including phenoxy) is 3. The Labute approximate surface area is 228 Å². The molecule has 0 spiro atoms. The molecule has 13 atom stereocenters. The highest BCUT2D eigenvalue weighted by molar-refractivity contribution is 5.85. The molecule has 0 aromatic heterocycles. The maximum absolute atomic E-state index is 13.0. The molecule has 5 fully saturated rings. The van der Waals surface area contributed by atoms with Crippen molar-refractivity contribution < 1.29 is 49.3 Å². The molecule has 4 saturated carbocycles. The molecule has 6 rings (SSSR count). The summed E-state index contributed by atoms with van der Waals surface area (Å²) >= 11 is 0. The molecule has 2 heterocycles. The molecule has 6 aliphatic rings. The molecule has 39 heavy (non-hydrogen) atoms. The number of aliphatic hydroxyl groups excluding tert-OH is 3. The van der Waals surface area contributed by atoms with E-state index in [1.54, 1.807) is 13.0 Å². The fraction of sp³-hybridized carbons (Fsp3) is 0.862. The molecule has 1 saturated heterocycles. The summed E-state index contributed by atoms with van der Waals surface area (Å²) in [6.07, 6.45) is 0.689. The molecule has 218 valence electrons. The summed E-state index contributed by atoms with van der Waals surface area (Å²) in [4.78, 5) is 24.8. The Morgan fingerprint density at radius 1 is 0.974 bits per heavy atom. The number of carbonyl (C=O) groups excluding carboxylic acids is 2. The molecule has 0 radical (unpaired) electrons. The molecular formula is C29H42O10. The van der Waals surface area contributed by atoms with Crippen molar-refractivity contribution in [3.05, 3.63) is 11.6 Å². The maximum atomic E-state index is 13.0. The van der Waals surface area contributed by atoms with Gasteiger partial charge in [0.15, 0.2) is 6.29 Å². The SMILES string of the molecule is C[C@@H]1O[C@H](O[C@@H]2CC[C@]3(C=O)[C@H]4CC[C@]5(C)[C@@H](C6=CC(=O)OC6)CC[C@]5(O)[C@@H]4CC[C@]3(O)C2)[C@H](O)[C@H](O)[C@H]1O. The van der Waals surface area contributed by atoms with Gasteiger partial charge in [-0.1, -0.05) is 6.92 Å². The monoisotopic (exact) mass is 550 g/mol. The number of aliphatic hydroxyl groups is 5. The van der Waals surface area contributed by atoms with E-state index in [4.69, 9.17) is 14.2 Å². The number of hydrogen-bond donors (Lipinski definition) is 5. The van der Waals surface area contributed by atoms with Gasteiger partial charge in [0.1, 0.15) is 31.2 Å². The first-order chi connectivity index (χ1) is 18.4. The zero-order valence-electron chi connectivity index (χ0n) is 22.7. The van der Waals surface area contributed by atoms with Crippen molar-refractivity contribution in [3.8, 4) is 0 Å². The predicted molar refractivity (Wildman–Crippen MR) is 135 cm³/mol. The van der Waals surface area contributed by atoms with Crippen LogP contribution in [-0.2, 0) is 23.8 Å². The topological polar surface area (TPSA) is 163 Å². The molecule has 10 heteroatoms. The van der Waals surface area contributed by atoms with E-state index in [2.05, 4.69) is 6.92 Å². The van der Waals surface area contributed by atoms with Gasteiger partial charge in [0.25, 0.3) is 0 Å². The second-order valence-electron chi connectivity index (χ2n) is 13.4. The quantitative estimate of drug-likeness (QED) is 0.192. The largest absolute Gasteiger partial charge is 0.458 e. The van der Waals surface area contributed by atoms with Crippen LogP contribution in [0.25, 0.3) is 0 Å². The van der Waals surface area contributed by atoms with Crippen molar-refractivity contribution in [2.45, 2.75) is 120 Å². The molecule has 10 nitrogen and oxygen atoms in total. The normalized spacial score (nSPS) is 55.2. The Balaban J connectivity index is 1.22. The molecule has 4 aliphatic carbocycles. The maximum Gasteiger partial charge on any atom is 0.331 e. The lowest BCUT2D eigenvalue weighted by molar-refractivity contribution is -0.317. The Kier molecular flexibility index (Phi) is 6.62. The van der Waals surface area contributed by atoms with Crippen LogP contribution < -0.4 is 0 Å². The summed E-state index contributed by atoms with van der Waals surface area (Å²) < 4.78 is 16.9. The fourth-order valence-corrected chi connectivity index (χ4v) is 9.75. The Morgan fingerprint density at radius 2 is 1.72 bits per heavy atom. The minimum absolute atomic E-state index is 0.0465. The van der Waals surface area contributed by atoms with E-state index in [1.807, 2.05) is 0 Å². The first-order valence-electron chi connectivity index (χ1n) is 14.5. The molecule has 2 aliphatic heterocycles. The lowest BCUT2D eigenvalue weighted by Gasteiger charge is -2.65. The lowest BCUT2D eigenvalue weighted by atomic mass is 9.41. The van der Waals surface area contributed by atoms with Crippen molar-refractivity contribution in [2.24, 2.45) is 28.6 Å². The van der Waals surface area contributed by atoms with E-state index in [9.17, 15) is 35.1 Å². The molecule has 0 bridgehead atoms. The number of hydrogen-bond acceptors (Lipinski definition) is 10.